The highest BCUT2D eigenvalue weighted by atomic mass is 32.1. The number of anilines is 1. The summed E-state index contributed by atoms with van der Waals surface area (Å²) in [4.78, 5) is 47.6. The van der Waals surface area contributed by atoms with Gasteiger partial charge in [-0.25, -0.2) is 14.2 Å². The summed E-state index contributed by atoms with van der Waals surface area (Å²) in [5.41, 5.74) is 1.07. The maximum Gasteiger partial charge on any atom is 0.403 e. The number of hydrogen-bond donors (Lipinski definition) is 1. The van der Waals surface area contributed by atoms with Gasteiger partial charge in [0.1, 0.15) is 11.2 Å². The molecule has 2 amide bonds. The maximum absolute atomic E-state index is 15.0. The first-order chi connectivity index (χ1) is 29.2. The molecule has 1 N–H and O–H groups in total. The molecule has 2 bridgehead atoms. The number of hydrogen-bond acceptors (Lipinski definition) is 10. The molecule has 330 valence electrons. The van der Waals surface area contributed by atoms with E-state index in [1.165, 1.54) is 35.5 Å². The molecule has 7 aliphatic rings. The van der Waals surface area contributed by atoms with Gasteiger partial charge in [0.25, 0.3) is 0 Å². The molecule has 3 aliphatic carbocycles. The number of nitrogens with one attached hydrogen (secondary N) is 1. The van der Waals surface area contributed by atoms with E-state index in [1.54, 1.807) is 17.6 Å². The Labute approximate surface area is 356 Å². The van der Waals surface area contributed by atoms with Crippen LogP contribution in [-0.2, 0) is 28.5 Å². The minimum Gasteiger partial charge on any atom is -0.465 e. The SMILES string of the molecule is COC(=O)c1ccc(C2CCC(OC[C@@H](NC(=O)[C@@H]3CN(c4cc(F)cc5ncsc45)CC34CN(C(=O)C3(C(F)(F)F)CC3)C4)[C@@H](C)OCC34CCC(CC3)OC4)CC2)cc1. The molecule has 4 saturated heterocycles. The molecule has 1 aromatic heterocycles. The highest BCUT2D eigenvalue weighted by Gasteiger charge is 2.71. The number of benzene rings is 2. The van der Waals surface area contributed by atoms with Crippen LogP contribution in [0.3, 0.4) is 0 Å². The van der Waals surface area contributed by atoms with Crippen LogP contribution < -0.4 is 10.2 Å². The van der Waals surface area contributed by atoms with E-state index in [9.17, 15) is 31.9 Å². The molecular weight excluding hydrogens is 817 g/mol. The first-order valence-electron chi connectivity index (χ1n) is 21.7. The Morgan fingerprint density at radius 1 is 1.00 bits per heavy atom. The van der Waals surface area contributed by atoms with Crippen LogP contribution in [0.25, 0.3) is 10.2 Å². The normalized spacial score (nSPS) is 28.7. The second kappa shape index (κ2) is 16.4. The number of carbonyl (C=O) groups excluding carboxylic acids is 3. The fourth-order valence-corrected chi connectivity index (χ4v) is 11.5. The summed E-state index contributed by atoms with van der Waals surface area (Å²) in [5.74, 6) is -2.48. The highest BCUT2D eigenvalue weighted by molar-refractivity contribution is 7.17. The number of fused-ring (bicyclic) bond motifs is 4. The second-order valence-corrected chi connectivity index (χ2v) is 19.6. The zero-order chi connectivity index (χ0) is 42.7. The maximum atomic E-state index is 15.0. The summed E-state index contributed by atoms with van der Waals surface area (Å²) in [6, 6.07) is 9.76. The number of methoxy groups -OCH3 is 1. The van der Waals surface area contributed by atoms with Crippen LogP contribution in [-0.4, -0.2) is 111 Å². The highest BCUT2D eigenvalue weighted by Crippen LogP contribution is 2.60. The van der Waals surface area contributed by atoms with E-state index in [2.05, 4.69) is 10.3 Å². The predicted octanol–water partition coefficient (Wildman–Crippen LogP) is 7.42. The minimum absolute atomic E-state index is 0.00914. The van der Waals surface area contributed by atoms with Gasteiger partial charge in [-0.3, -0.25) is 9.59 Å². The lowest BCUT2D eigenvalue weighted by atomic mass is 9.70. The molecule has 16 heteroatoms. The van der Waals surface area contributed by atoms with Gasteiger partial charge >= 0.3 is 12.1 Å². The van der Waals surface area contributed by atoms with Gasteiger partial charge < -0.3 is 34.1 Å². The number of ether oxygens (including phenoxy) is 4. The van der Waals surface area contributed by atoms with Crippen molar-refractivity contribution in [2.24, 2.45) is 22.2 Å². The molecule has 3 atom stereocenters. The molecule has 1 spiro atoms. The van der Waals surface area contributed by atoms with E-state index in [4.69, 9.17) is 18.9 Å². The topological polar surface area (TPSA) is 120 Å². The lowest BCUT2D eigenvalue weighted by molar-refractivity contribution is -0.205. The van der Waals surface area contributed by atoms with E-state index >= 15 is 0 Å². The van der Waals surface area contributed by atoms with Crippen molar-refractivity contribution in [2.45, 2.75) is 108 Å². The van der Waals surface area contributed by atoms with Crippen LogP contribution in [0.5, 0.6) is 0 Å². The number of esters is 1. The molecule has 4 aliphatic heterocycles. The number of likely N-dealkylation sites (tertiary alicyclic amines) is 1. The minimum atomic E-state index is -4.65. The van der Waals surface area contributed by atoms with Crippen molar-refractivity contribution in [3.05, 3.63) is 58.9 Å². The van der Waals surface area contributed by atoms with E-state index in [1.807, 2.05) is 24.0 Å². The van der Waals surface area contributed by atoms with E-state index < -0.39 is 46.8 Å². The number of alkyl halides is 3. The summed E-state index contributed by atoms with van der Waals surface area (Å²) < 4.78 is 82.1. The standard InChI is InChI=1S/C45H54F4N4O7S/c1-27(59-24-42-13-11-33(12-14-42)60-25-42)36(20-58-32-9-7-29(8-10-32)28-3-5-30(6-4-28)40(55)57-2)51-39(54)34-19-52(37-18-31(46)17-35-38(37)61-26-50-35)21-43(34)22-53(23-43)41(56)44(15-16-44)45(47,48)49/h3-6,17-18,26-27,29,32-34,36H,7-16,19-25H2,1-2H3,(H,51,54)/t27-,29?,32?,33?,34+,36-,42?/m1/s1. The van der Waals surface area contributed by atoms with E-state index in [0.29, 0.717) is 42.0 Å². The zero-order valence-corrected chi connectivity index (χ0v) is 35.5. The van der Waals surface area contributed by atoms with Gasteiger partial charge in [-0.2, -0.15) is 13.2 Å². The van der Waals surface area contributed by atoms with Crippen molar-refractivity contribution >= 4 is 45.0 Å². The van der Waals surface area contributed by atoms with Gasteiger partial charge in [-0.05, 0) is 101 Å². The van der Waals surface area contributed by atoms with Crippen molar-refractivity contribution in [1.82, 2.24) is 15.2 Å². The third-order valence-electron chi connectivity index (χ3n) is 14.8. The van der Waals surface area contributed by atoms with Crippen LogP contribution in [0.1, 0.15) is 93.0 Å². The number of amides is 2. The Bertz CT molecular complexity index is 2090. The first-order valence-corrected chi connectivity index (χ1v) is 22.6. The molecular formula is C45H54F4N4O7S. The molecule has 7 fully saturated rings. The van der Waals surface area contributed by atoms with Crippen LogP contribution in [0.2, 0.25) is 0 Å². The third kappa shape index (κ3) is 8.14. The Kier molecular flexibility index (Phi) is 11.4. The van der Waals surface area contributed by atoms with Gasteiger partial charge in [0.05, 0.1) is 84.2 Å². The lowest BCUT2D eigenvalue weighted by Crippen LogP contribution is -2.66. The molecule has 3 saturated carbocycles. The summed E-state index contributed by atoms with van der Waals surface area (Å²) in [5, 5.41) is 3.28. The molecule has 0 radical (unpaired) electrons. The smallest absolute Gasteiger partial charge is 0.403 e. The second-order valence-electron chi connectivity index (χ2n) is 18.7. The summed E-state index contributed by atoms with van der Waals surface area (Å²) in [6.07, 6.45) is 2.16. The van der Waals surface area contributed by atoms with E-state index in [0.717, 1.165) is 61.6 Å². The Morgan fingerprint density at radius 2 is 1.72 bits per heavy atom. The van der Waals surface area contributed by atoms with Gasteiger partial charge in [0, 0.05) is 43.1 Å². The molecule has 61 heavy (non-hydrogen) atoms. The monoisotopic (exact) mass is 870 g/mol. The number of aromatic nitrogens is 1. The average Bonchev–Trinajstić information content (AvgIpc) is 3.80. The Morgan fingerprint density at radius 3 is 2.36 bits per heavy atom. The van der Waals surface area contributed by atoms with Crippen LogP contribution in [0.4, 0.5) is 23.2 Å². The van der Waals surface area contributed by atoms with Crippen molar-refractivity contribution in [2.75, 3.05) is 58.0 Å². The molecule has 11 nitrogen and oxygen atoms in total. The van der Waals surface area contributed by atoms with Gasteiger partial charge in [-0.1, -0.05) is 12.1 Å². The van der Waals surface area contributed by atoms with E-state index in [-0.39, 0.29) is 69.0 Å². The van der Waals surface area contributed by atoms with Crippen molar-refractivity contribution in [1.29, 1.82) is 0 Å². The first kappa shape index (κ1) is 42.4. The van der Waals surface area contributed by atoms with Crippen molar-refractivity contribution in [3.63, 3.8) is 0 Å². The fraction of sp³-hybridized carbons (Fsp3) is 0.644. The quantitative estimate of drug-likeness (QED) is 0.138. The zero-order valence-electron chi connectivity index (χ0n) is 34.6. The number of rotatable bonds is 13. The number of thiazole rings is 1. The number of carbonyl (C=O) groups is 3. The largest absolute Gasteiger partial charge is 0.465 e. The van der Waals surface area contributed by atoms with Gasteiger partial charge in [-0.15, -0.1) is 11.3 Å². The molecule has 5 heterocycles. The average molecular weight is 871 g/mol. The molecule has 3 aromatic rings. The summed E-state index contributed by atoms with van der Waals surface area (Å²) in [6.45, 7) is 3.68. The predicted molar refractivity (Wildman–Crippen MR) is 219 cm³/mol. The van der Waals surface area contributed by atoms with Crippen LogP contribution >= 0.6 is 11.3 Å². The van der Waals surface area contributed by atoms with Crippen LogP contribution in [0, 0.1) is 28.0 Å². The summed E-state index contributed by atoms with van der Waals surface area (Å²) >= 11 is 1.35. The van der Waals surface area contributed by atoms with Gasteiger partial charge in [0.15, 0.2) is 0 Å². The Balaban J connectivity index is 0.916. The molecule has 10 rings (SSSR count). The fourth-order valence-electron chi connectivity index (χ4n) is 10.7. The van der Waals surface area contributed by atoms with Crippen LogP contribution in [0.15, 0.2) is 41.9 Å². The number of halogens is 4. The molecule has 2 aromatic carbocycles. The lowest BCUT2D eigenvalue weighted by Gasteiger charge is -2.51. The summed E-state index contributed by atoms with van der Waals surface area (Å²) in [7, 11) is 1.36. The van der Waals surface area contributed by atoms with Gasteiger partial charge in [0.2, 0.25) is 11.8 Å². The number of nitrogens with zero attached hydrogens (tertiary/aromatic N) is 3. The third-order valence-corrected chi connectivity index (χ3v) is 15.7. The molecule has 0 unspecified atom stereocenters. The van der Waals surface area contributed by atoms with Crippen molar-refractivity contribution in [3.8, 4) is 0 Å². The van der Waals surface area contributed by atoms with Crippen molar-refractivity contribution < 1.29 is 50.9 Å². The Hall–Kier alpha value is -3.86.